The fraction of sp³-hybridized carbons (Fsp3) is 0.208. The predicted molar refractivity (Wildman–Crippen MR) is 122 cm³/mol. The van der Waals surface area contributed by atoms with E-state index in [0.29, 0.717) is 11.3 Å². The normalized spacial score (nSPS) is 11.3. The van der Waals surface area contributed by atoms with Gasteiger partial charge in [0.1, 0.15) is 5.82 Å². The Labute approximate surface area is 182 Å². The molecule has 3 aromatic rings. The lowest BCUT2D eigenvalue weighted by Crippen LogP contribution is -2.29. The lowest BCUT2D eigenvalue weighted by Gasteiger charge is -2.23. The molecule has 0 atom stereocenters. The fourth-order valence-corrected chi connectivity index (χ4v) is 4.02. The third-order valence-electron chi connectivity index (χ3n) is 5.09. The van der Waals surface area contributed by atoms with Crippen molar-refractivity contribution in [2.75, 3.05) is 15.9 Å². The van der Waals surface area contributed by atoms with Gasteiger partial charge in [0.2, 0.25) is 10.0 Å². The van der Waals surface area contributed by atoms with Crippen LogP contribution >= 0.6 is 0 Å². The van der Waals surface area contributed by atoms with E-state index in [0.717, 1.165) is 22.3 Å². The first-order chi connectivity index (χ1) is 14.5. The highest BCUT2D eigenvalue weighted by molar-refractivity contribution is 7.92. The molecule has 0 fully saturated rings. The molecule has 0 saturated heterocycles. The summed E-state index contributed by atoms with van der Waals surface area (Å²) in [4.78, 5) is 12.5. The van der Waals surface area contributed by atoms with Gasteiger partial charge in [0, 0.05) is 5.56 Å². The van der Waals surface area contributed by atoms with Crippen molar-refractivity contribution in [1.29, 1.82) is 0 Å². The van der Waals surface area contributed by atoms with Crippen molar-refractivity contribution in [3.8, 4) is 0 Å². The number of halogens is 1. The first-order valence-electron chi connectivity index (χ1n) is 9.76. The first kappa shape index (κ1) is 22.5. The van der Waals surface area contributed by atoms with Gasteiger partial charge in [0.15, 0.2) is 0 Å². The van der Waals surface area contributed by atoms with Crippen LogP contribution < -0.4 is 9.62 Å². The van der Waals surface area contributed by atoms with E-state index in [4.69, 9.17) is 0 Å². The second kappa shape index (κ2) is 8.89. The van der Waals surface area contributed by atoms with Crippen molar-refractivity contribution in [1.82, 2.24) is 0 Å². The van der Waals surface area contributed by atoms with Crippen LogP contribution in [0.15, 0.2) is 60.7 Å². The van der Waals surface area contributed by atoms with Crippen LogP contribution in [0.4, 0.5) is 15.8 Å². The highest BCUT2D eigenvalue weighted by Crippen LogP contribution is 2.24. The molecular formula is C24H25FN2O3S. The van der Waals surface area contributed by atoms with Crippen LogP contribution in [0, 0.1) is 26.6 Å². The van der Waals surface area contributed by atoms with Crippen LogP contribution in [-0.2, 0) is 16.6 Å². The van der Waals surface area contributed by atoms with Gasteiger partial charge in [-0.05, 0) is 79.4 Å². The lowest BCUT2D eigenvalue weighted by atomic mass is 10.1. The van der Waals surface area contributed by atoms with Crippen molar-refractivity contribution in [2.24, 2.45) is 0 Å². The number of anilines is 2. The molecule has 162 valence electrons. The SMILES string of the molecule is Cc1ccc(F)c(NC(=O)c2ccc(CN(c3ccc(C)c(C)c3)S(C)(=O)=O)cc2)c1. The number of hydrogen-bond donors (Lipinski definition) is 1. The maximum atomic E-state index is 13.9. The third-order valence-corrected chi connectivity index (χ3v) is 6.23. The molecule has 0 aliphatic rings. The zero-order valence-corrected chi connectivity index (χ0v) is 18.8. The van der Waals surface area contributed by atoms with Crippen LogP contribution in [0.1, 0.15) is 32.6 Å². The summed E-state index contributed by atoms with van der Waals surface area (Å²) >= 11 is 0. The molecular weight excluding hydrogens is 415 g/mol. The molecule has 0 aromatic heterocycles. The summed E-state index contributed by atoms with van der Waals surface area (Å²) in [5.74, 6) is -0.946. The minimum absolute atomic E-state index is 0.118. The van der Waals surface area contributed by atoms with Crippen molar-refractivity contribution < 1.29 is 17.6 Å². The molecule has 0 aliphatic carbocycles. The van der Waals surface area contributed by atoms with E-state index in [2.05, 4.69) is 5.32 Å². The smallest absolute Gasteiger partial charge is 0.255 e. The predicted octanol–water partition coefficient (Wildman–Crippen LogP) is 4.97. The molecule has 31 heavy (non-hydrogen) atoms. The molecule has 3 rings (SSSR count). The molecule has 3 aromatic carbocycles. The van der Waals surface area contributed by atoms with Crippen molar-refractivity contribution in [3.63, 3.8) is 0 Å². The zero-order chi connectivity index (χ0) is 22.8. The summed E-state index contributed by atoms with van der Waals surface area (Å²) in [5.41, 5.74) is 4.69. The summed E-state index contributed by atoms with van der Waals surface area (Å²) in [7, 11) is -3.51. The number of carbonyl (C=O) groups is 1. The molecule has 0 bridgehead atoms. The molecule has 1 N–H and O–H groups in total. The van der Waals surface area contributed by atoms with E-state index in [-0.39, 0.29) is 12.2 Å². The number of sulfonamides is 1. The quantitative estimate of drug-likeness (QED) is 0.589. The zero-order valence-electron chi connectivity index (χ0n) is 17.9. The Morgan fingerprint density at radius 1 is 0.935 bits per heavy atom. The van der Waals surface area contributed by atoms with E-state index >= 15 is 0 Å². The van der Waals surface area contributed by atoms with E-state index in [1.807, 2.05) is 32.9 Å². The maximum absolute atomic E-state index is 13.9. The van der Waals surface area contributed by atoms with E-state index < -0.39 is 21.7 Å². The summed E-state index contributed by atoms with van der Waals surface area (Å²) in [5, 5.41) is 2.57. The minimum atomic E-state index is -3.51. The van der Waals surface area contributed by atoms with Crippen LogP contribution in [0.25, 0.3) is 0 Å². The minimum Gasteiger partial charge on any atom is -0.319 e. The first-order valence-corrected chi connectivity index (χ1v) is 11.6. The Morgan fingerprint density at radius 3 is 2.23 bits per heavy atom. The summed E-state index contributed by atoms with van der Waals surface area (Å²) in [6.45, 7) is 5.85. The van der Waals surface area contributed by atoms with Crippen LogP contribution in [0.5, 0.6) is 0 Å². The highest BCUT2D eigenvalue weighted by atomic mass is 32.2. The van der Waals surface area contributed by atoms with Gasteiger partial charge in [0.05, 0.1) is 24.2 Å². The van der Waals surface area contributed by atoms with Crippen molar-refractivity contribution in [3.05, 3.63) is 94.3 Å². The fourth-order valence-electron chi connectivity index (χ4n) is 3.14. The standard InChI is InChI=1S/C24H25FN2O3S/c1-16-5-12-22(25)23(13-16)26-24(28)20-9-7-19(8-10-20)15-27(31(4,29)30)21-11-6-17(2)18(3)14-21/h5-14H,15H2,1-4H3,(H,26,28). The van der Waals surface area contributed by atoms with Gasteiger partial charge in [0.25, 0.3) is 5.91 Å². The molecule has 0 saturated carbocycles. The van der Waals surface area contributed by atoms with Crippen LogP contribution in [0.2, 0.25) is 0 Å². The van der Waals surface area contributed by atoms with Gasteiger partial charge < -0.3 is 5.32 Å². The number of carbonyl (C=O) groups excluding carboxylic acids is 1. The Balaban J connectivity index is 1.80. The molecule has 5 nitrogen and oxygen atoms in total. The number of aryl methyl sites for hydroxylation is 3. The Hall–Kier alpha value is -3.19. The van der Waals surface area contributed by atoms with E-state index in [9.17, 15) is 17.6 Å². The van der Waals surface area contributed by atoms with Gasteiger partial charge in [-0.2, -0.15) is 0 Å². The van der Waals surface area contributed by atoms with Gasteiger partial charge in [-0.1, -0.05) is 24.3 Å². The Bertz CT molecular complexity index is 1220. The van der Waals surface area contributed by atoms with Gasteiger partial charge in [-0.3, -0.25) is 9.10 Å². The summed E-state index contributed by atoms with van der Waals surface area (Å²) < 4.78 is 40.0. The molecule has 1 amide bonds. The third kappa shape index (κ3) is 5.49. The highest BCUT2D eigenvalue weighted by Gasteiger charge is 2.19. The van der Waals surface area contributed by atoms with Gasteiger partial charge in [-0.15, -0.1) is 0 Å². The number of nitrogens with one attached hydrogen (secondary N) is 1. The van der Waals surface area contributed by atoms with Crippen molar-refractivity contribution in [2.45, 2.75) is 27.3 Å². The topological polar surface area (TPSA) is 66.5 Å². The lowest BCUT2D eigenvalue weighted by molar-refractivity contribution is 0.102. The number of benzene rings is 3. The summed E-state index contributed by atoms with van der Waals surface area (Å²) in [6.07, 6.45) is 1.17. The van der Waals surface area contributed by atoms with Crippen LogP contribution in [-0.4, -0.2) is 20.6 Å². The molecule has 0 spiro atoms. The second-order valence-electron chi connectivity index (χ2n) is 7.67. The van der Waals surface area contributed by atoms with Gasteiger partial charge in [-0.25, -0.2) is 12.8 Å². The monoisotopic (exact) mass is 440 g/mol. The van der Waals surface area contributed by atoms with E-state index in [1.165, 1.54) is 16.6 Å². The number of nitrogens with zero attached hydrogens (tertiary/aromatic N) is 1. The average molecular weight is 441 g/mol. The second-order valence-corrected chi connectivity index (χ2v) is 9.58. The molecule has 0 aliphatic heterocycles. The molecule has 0 heterocycles. The molecule has 7 heteroatoms. The Morgan fingerprint density at radius 2 is 1.61 bits per heavy atom. The van der Waals surface area contributed by atoms with E-state index in [1.54, 1.807) is 42.5 Å². The van der Waals surface area contributed by atoms with Gasteiger partial charge >= 0.3 is 0 Å². The summed E-state index contributed by atoms with van der Waals surface area (Å²) in [6, 6.07) is 16.6. The van der Waals surface area contributed by atoms with Crippen molar-refractivity contribution >= 4 is 27.3 Å². The Kier molecular flexibility index (Phi) is 6.45. The molecule has 0 radical (unpaired) electrons. The number of amides is 1. The average Bonchev–Trinajstić information content (AvgIpc) is 2.70. The van der Waals surface area contributed by atoms with Crippen LogP contribution in [0.3, 0.4) is 0 Å². The maximum Gasteiger partial charge on any atom is 0.255 e. The largest absolute Gasteiger partial charge is 0.319 e. The molecule has 0 unspecified atom stereocenters. The number of rotatable bonds is 6. The number of hydrogen-bond acceptors (Lipinski definition) is 3.